The van der Waals surface area contributed by atoms with Crippen LogP contribution in [0.1, 0.15) is 25.3 Å². The number of pyridine rings is 1. The zero-order valence-electron chi connectivity index (χ0n) is 9.46. The van der Waals surface area contributed by atoms with Gasteiger partial charge in [0.25, 0.3) is 0 Å². The van der Waals surface area contributed by atoms with Gasteiger partial charge in [-0.05, 0) is 31.9 Å². The van der Waals surface area contributed by atoms with Gasteiger partial charge in [-0.3, -0.25) is 4.79 Å². The number of amides is 1. The van der Waals surface area contributed by atoms with Gasteiger partial charge in [0.2, 0.25) is 5.91 Å². The molecule has 16 heavy (non-hydrogen) atoms. The highest BCUT2D eigenvalue weighted by atomic mass is 35.5. The molecule has 0 saturated carbocycles. The van der Waals surface area contributed by atoms with Gasteiger partial charge in [0.1, 0.15) is 0 Å². The molecule has 5 heteroatoms. The minimum atomic E-state index is -0.0911. The second-order valence-electron chi connectivity index (χ2n) is 3.92. The number of nitrogens with one attached hydrogen (secondary N) is 1. The maximum atomic E-state index is 11.5. The van der Waals surface area contributed by atoms with Gasteiger partial charge in [-0.25, -0.2) is 4.98 Å². The van der Waals surface area contributed by atoms with E-state index in [0.717, 1.165) is 5.56 Å². The Morgan fingerprint density at radius 3 is 3.00 bits per heavy atom. The molecule has 0 aliphatic rings. The summed E-state index contributed by atoms with van der Waals surface area (Å²) in [7, 11) is 0. The summed E-state index contributed by atoms with van der Waals surface area (Å²) in [5.41, 5.74) is 7.07. The third-order valence-corrected chi connectivity index (χ3v) is 2.38. The van der Waals surface area contributed by atoms with Crippen molar-refractivity contribution in [3.63, 3.8) is 0 Å². The van der Waals surface area contributed by atoms with Gasteiger partial charge < -0.3 is 11.1 Å². The lowest BCUT2D eigenvalue weighted by Gasteiger charge is -2.08. The van der Waals surface area contributed by atoms with Crippen LogP contribution in [0, 0.1) is 6.92 Å². The van der Waals surface area contributed by atoms with E-state index in [1.165, 1.54) is 0 Å². The molecule has 1 unspecified atom stereocenters. The summed E-state index contributed by atoms with van der Waals surface area (Å²) in [5.74, 6) is -0.0911. The van der Waals surface area contributed by atoms with E-state index >= 15 is 0 Å². The molecular weight excluding hydrogens is 226 g/mol. The molecule has 0 radical (unpaired) electrons. The maximum absolute atomic E-state index is 11.5. The molecule has 0 spiro atoms. The number of aryl methyl sites for hydroxylation is 1. The Bertz CT molecular complexity index is 379. The molecule has 0 saturated heterocycles. The topological polar surface area (TPSA) is 68.0 Å². The Morgan fingerprint density at radius 1 is 1.69 bits per heavy atom. The van der Waals surface area contributed by atoms with E-state index in [4.69, 9.17) is 17.3 Å². The van der Waals surface area contributed by atoms with Gasteiger partial charge in [-0.2, -0.15) is 0 Å². The molecule has 1 rings (SSSR count). The van der Waals surface area contributed by atoms with Crippen molar-refractivity contribution < 1.29 is 4.79 Å². The molecule has 0 aliphatic heterocycles. The number of hydrogen-bond acceptors (Lipinski definition) is 3. The zero-order valence-corrected chi connectivity index (χ0v) is 10.2. The number of anilines is 1. The first-order chi connectivity index (χ1) is 7.49. The summed E-state index contributed by atoms with van der Waals surface area (Å²) in [6.07, 6.45) is 2.70. The first kappa shape index (κ1) is 12.9. The number of hydrogen-bond donors (Lipinski definition) is 2. The summed E-state index contributed by atoms with van der Waals surface area (Å²) in [6, 6.07) is 1.82. The third-order valence-electron chi connectivity index (χ3n) is 2.08. The van der Waals surface area contributed by atoms with Crippen LogP contribution in [0.4, 0.5) is 5.69 Å². The predicted molar refractivity (Wildman–Crippen MR) is 65.5 cm³/mol. The van der Waals surface area contributed by atoms with Crippen molar-refractivity contribution in [3.8, 4) is 0 Å². The van der Waals surface area contributed by atoms with Crippen molar-refractivity contribution in [2.75, 3.05) is 5.32 Å². The van der Waals surface area contributed by atoms with Crippen LogP contribution in [-0.2, 0) is 4.79 Å². The summed E-state index contributed by atoms with van der Waals surface area (Å²) in [6.45, 7) is 3.76. The molecule has 4 nitrogen and oxygen atoms in total. The summed E-state index contributed by atoms with van der Waals surface area (Å²) in [5, 5.41) is 3.02. The molecule has 0 aliphatic carbocycles. The van der Waals surface area contributed by atoms with Gasteiger partial charge in [0.15, 0.2) is 5.15 Å². The highest BCUT2D eigenvalue weighted by Crippen LogP contribution is 2.19. The lowest BCUT2D eigenvalue weighted by molar-refractivity contribution is -0.116. The SMILES string of the molecule is Cc1cnc(Cl)c(NC(=O)CCC(C)N)c1. The Kier molecular flexibility index (Phi) is 4.71. The fourth-order valence-electron chi connectivity index (χ4n) is 1.21. The fourth-order valence-corrected chi connectivity index (χ4v) is 1.36. The zero-order chi connectivity index (χ0) is 12.1. The van der Waals surface area contributed by atoms with Gasteiger partial charge in [0.05, 0.1) is 5.69 Å². The normalized spacial score (nSPS) is 12.2. The molecule has 1 heterocycles. The standard InChI is InChI=1S/C11H16ClN3O/c1-7-5-9(11(12)14-6-7)15-10(16)4-3-8(2)13/h5-6,8H,3-4,13H2,1-2H3,(H,15,16). The van der Waals surface area contributed by atoms with Gasteiger partial charge in [-0.1, -0.05) is 11.6 Å². The fraction of sp³-hybridized carbons (Fsp3) is 0.455. The van der Waals surface area contributed by atoms with E-state index in [-0.39, 0.29) is 11.9 Å². The quantitative estimate of drug-likeness (QED) is 0.794. The van der Waals surface area contributed by atoms with E-state index in [0.29, 0.717) is 23.7 Å². The molecule has 88 valence electrons. The molecule has 0 bridgehead atoms. The van der Waals surface area contributed by atoms with Crippen LogP contribution >= 0.6 is 11.6 Å². The Balaban J connectivity index is 2.59. The Hall–Kier alpha value is -1.13. The lowest BCUT2D eigenvalue weighted by atomic mass is 10.2. The van der Waals surface area contributed by atoms with E-state index in [9.17, 15) is 4.79 Å². The van der Waals surface area contributed by atoms with Crippen LogP contribution in [0.2, 0.25) is 5.15 Å². The third kappa shape index (κ3) is 4.16. The van der Waals surface area contributed by atoms with Crippen molar-refractivity contribution in [3.05, 3.63) is 23.0 Å². The van der Waals surface area contributed by atoms with Crippen LogP contribution in [0.25, 0.3) is 0 Å². The van der Waals surface area contributed by atoms with Gasteiger partial charge in [0, 0.05) is 18.7 Å². The van der Waals surface area contributed by atoms with Crippen LogP contribution in [0.3, 0.4) is 0 Å². The van der Waals surface area contributed by atoms with Crippen LogP contribution < -0.4 is 11.1 Å². The highest BCUT2D eigenvalue weighted by molar-refractivity contribution is 6.32. The van der Waals surface area contributed by atoms with Crippen molar-refractivity contribution in [1.82, 2.24) is 4.98 Å². The van der Waals surface area contributed by atoms with Gasteiger partial charge >= 0.3 is 0 Å². The van der Waals surface area contributed by atoms with Crippen LogP contribution in [-0.4, -0.2) is 16.9 Å². The molecule has 3 N–H and O–H groups in total. The average Bonchev–Trinajstić information content (AvgIpc) is 2.20. The summed E-state index contributed by atoms with van der Waals surface area (Å²) in [4.78, 5) is 15.5. The van der Waals surface area contributed by atoms with E-state index in [1.807, 2.05) is 13.8 Å². The second kappa shape index (κ2) is 5.82. The smallest absolute Gasteiger partial charge is 0.224 e. The van der Waals surface area contributed by atoms with Crippen LogP contribution in [0.15, 0.2) is 12.3 Å². The minimum Gasteiger partial charge on any atom is -0.328 e. The Labute approximate surface area is 100 Å². The molecule has 1 aromatic rings. The monoisotopic (exact) mass is 241 g/mol. The van der Waals surface area contributed by atoms with Crippen LogP contribution in [0.5, 0.6) is 0 Å². The van der Waals surface area contributed by atoms with Crippen molar-refractivity contribution in [2.45, 2.75) is 32.7 Å². The largest absolute Gasteiger partial charge is 0.328 e. The number of rotatable bonds is 4. The van der Waals surface area contributed by atoms with Crippen molar-refractivity contribution in [2.24, 2.45) is 5.73 Å². The number of halogens is 1. The molecule has 1 atom stereocenters. The first-order valence-electron chi connectivity index (χ1n) is 5.16. The molecular formula is C11H16ClN3O. The Morgan fingerprint density at radius 2 is 2.38 bits per heavy atom. The second-order valence-corrected chi connectivity index (χ2v) is 4.27. The average molecular weight is 242 g/mol. The van der Waals surface area contributed by atoms with E-state index in [1.54, 1.807) is 12.3 Å². The summed E-state index contributed by atoms with van der Waals surface area (Å²) >= 11 is 5.85. The number of aromatic nitrogens is 1. The van der Waals surface area contributed by atoms with E-state index in [2.05, 4.69) is 10.3 Å². The van der Waals surface area contributed by atoms with Crippen molar-refractivity contribution in [1.29, 1.82) is 0 Å². The maximum Gasteiger partial charge on any atom is 0.224 e. The number of carbonyl (C=O) groups is 1. The van der Waals surface area contributed by atoms with Crippen molar-refractivity contribution >= 4 is 23.2 Å². The molecule has 1 amide bonds. The number of nitrogens with zero attached hydrogens (tertiary/aromatic N) is 1. The highest BCUT2D eigenvalue weighted by Gasteiger charge is 2.07. The number of carbonyl (C=O) groups excluding carboxylic acids is 1. The first-order valence-corrected chi connectivity index (χ1v) is 5.54. The number of nitrogens with two attached hydrogens (primary N) is 1. The predicted octanol–water partition coefficient (Wildman–Crippen LogP) is 2.11. The van der Waals surface area contributed by atoms with Gasteiger partial charge in [-0.15, -0.1) is 0 Å². The minimum absolute atomic E-state index is 0.0249. The van der Waals surface area contributed by atoms with E-state index < -0.39 is 0 Å². The molecule has 1 aromatic heterocycles. The lowest BCUT2D eigenvalue weighted by Crippen LogP contribution is -2.19. The molecule has 0 fully saturated rings. The summed E-state index contributed by atoms with van der Waals surface area (Å²) < 4.78 is 0. The molecule has 0 aromatic carbocycles.